The van der Waals surface area contributed by atoms with Crippen LogP contribution in [0.25, 0.3) is 0 Å². The third-order valence-electron chi connectivity index (χ3n) is 2.20. The van der Waals surface area contributed by atoms with E-state index >= 15 is 0 Å². The first-order valence-electron chi connectivity index (χ1n) is 5.47. The third-order valence-corrected chi connectivity index (χ3v) is 2.20. The Morgan fingerprint density at radius 1 is 1.31 bits per heavy atom. The molecule has 0 spiro atoms. The number of carbonyl (C=O) groups is 1. The van der Waals surface area contributed by atoms with Gasteiger partial charge in [-0.15, -0.1) is 0 Å². The fourth-order valence-corrected chi connectivity index (χ4v) is 1.28. The average Bonchev–Trinajstić information content (AvgIpc) is 2.29. The summed E-state index contributed by atoms with van der Waals surface area (Å²) in [5.41, 5.74) is 0.981. The van der Waals surface area contributed by atoms with Crippen molar-refractivity contribution in [1.29, 1.82) is 0 Å². The molecule has 0 heterocycles. The van der Waals surface area contributed by atoms with Gasteiger partial charge in [0.15, 0.2) is 0 Å². The lowest BCUT2D eigenvalue weighted by atomic mass is 10.2. The molecule has 0 radical (unpaired) electrons. The standard InChI is InChI=1S/C12H18N2O2/c1-2-13-8-7-12(16)14-9-10-3-5-11(15)6-4-10/h3-6,13,15H,2,7-9H2,1H3,(H,14,16). The van der Waals surface area contributed by atoms with E-state index in [9.17, 15) is 4.79 Å². The molecule has 1 aromatic carbocycles. The van der Waals surface area contributed by atoms with Gasteiger partial charge in [0, 0.05) is 19.5 Å². The highest BCUT2D eigenvalue weighted by Crippen LogP contribution is 2.08. The summed E-state index contributed by atoms with van der Waals surface area (Å²) in [4.78, 5) is 11.4. The van der Waals surface area contributed by atoms with Crippen molar-refractivity contribution in [3.8, 4) is 5.75 Å². The number of phenols is 1. The lowest BCUT2D eigenvalue weighted by Crippen LogP contribution is -2.27. The molecule has 88 valence electrons. The second kappa shape index (κ2) is 6.85. The Kier molecular flexibility index (Phi) is 5.36. The van der Waals surface area contributed by atoms with Gasteiger partial charge in [0.1, 0.15) is 5.75 Å². The van der Waals surface area contributed by atoms with Gasteiger partial charge in [-0.2, -0.15) is 0 Å². The first kappa shape index (κ1) is 12.5. The number of amides is 1. The number of carbonyl (C=O) groups excluding carboxylic acids is 1. The molecule has 0 aliphatic heterocycles. The number of rotatable bonds is 6. The second-order valence-electron chi connectivity index (χ2n) is 3.55. The van der Waals surface area contributed by atoms with Gasteiger partial charge in [0.2, 0.25) is 5.91 Å². The normalized spacial score (nSPS) is 10.1. The van der Waals surface area contributed by atoms with Crippen molar-refractivity contribution in [3.05, 3.63) is 29.8 Å². The molecule has 1 rings (SSSR count). The van der Waals surface area contributed by atoms with Crippen LogP contribution >= 0.6 is 0 Å². The Bertz CT molecular complexity index is 322. The van der Waals surface area contributed by atoms with Gasteiger partial charge in [0.25, 0.3) is 0 Å². The molecule has 1 aromatic rings. The number of nitrogens with one attached hydrogen (secondary N) is 2. The van der Waals surface area contributed by atoms with Crippen LogP contribution in [-0.2, 0) is 11.3 Å². The van der Waals surface area contributed by atoms with Crippen LogP contribution in [0.2, 0.25) is 0 Å². The van der Waals surface area contributed by atoms with Crippen LogP contribution in [0.5, 0.6) is 5.75 Å². The molecule has 0 saturated carbocycles. The van der Waals surface area contributed by atoms with Gasteiger partial charge in [-0.05, 0) is 24.2 Å². The van der Waals surface area contributed by atoms with E-state index in [4.69, 9.17) is 5.11 Å². The molecule has 0 saturated heterocycles. The van der Waals surface area contributed by atoms with E-state index in [0.29, 0.717) is 19.5 Å². The van der Waals surface area contributed by atoms with E-state index in [1.165, 1.54) is 0 Å². The summed E-state index contributed by atoms with van der Waals surface area (Å²) < 4.78 is 0. The molecule has 1 amide bonds. The average molecular weight is 222 g/mol. The number of aromatic hydroxyl groups is 1. The fraction of sp³-hybridized carbons (Fsp3) is 0.417. The molecule has 0 aliphatic carbocycles. The van der Waals surface area contributed by atoms with Crippen LogP contribution in [0.3, 0.4) is 0 Å². The number of hydrogen-bond donors (Lipinski definition) is 3. The van der Waals surface area contributed by atoms with Crippen molar-refractivity contribution < 1.29 is 9.90 Å². The van der Waals surface area contributed by atoms with Gasteiger partial charge in [-0.3, -0.25) is 4.79 Å². The molecule has 4 heteroatoms. The van der Waals surface area contributed by atoms with Crippen molar-refractivity contribution in [1.82, 2.24) is 10.6 Å². The summed E-state index contributed by atoms with van der Waals surface area (Å²) in [7, 11) is 0. The highest BCUT2D eigenvalue weighted by Gasteiger charge is 2.00. The maximum absolute atomic E-state index is 11.4. The summed E-state index contributed by atoms with van der Waals surface area (Å²) in [6, 6.07) is 6.81. The minimum Gasteiger partial charge on any atom is -0.508 e. The molecule has 0 unspecified atom stereocenters. The van der Waals surface area contributed by atoms with Crippen molar-refractivity contribution >= 4 is 5.91 Å². The second-order valence-corrected chi connectivity index (χ2v) is 3.55. The third kappa shape index (κ3) is 4.79. The number of benzene rings is 1. The van der Waals surface area contributed by atoms with Crippen molar-refractivity contribution in [2.75, 3.05) is 13.1 Å². The molecule has 3 N–H and O–H groups in total. The predicted octanol–water partition coefficient (Wildman–Crippen LogP) is 1.01. The van der Waals surface area contributed by atoms with Gasteiger partial charge in [-0.1, -0.05) is 19.1 Å². The topological polar surface area (TPSA) is 61.4 Å². The van der Waals surface area contributed by atoms with Crippen molar-refractivity contribution in [3.63, 3.8) is 0 Å². The number of hydrogen-bond acceptors (Lipinski definition) is 3. The molecule has 0 aliphatic rings. The summed E-state index contributed by atoms with van der Waals surface area (Å²) >= 11 is 0. The highest BCUT2D eigenvalue weighted by molar-refractivity contribution is 5.76. The summed E-state index contributed by atoms with van der Waals surface area (Å²) in [5.74, 6) is 0.274. The van der Waals surface area contributed by atoms with Crippen LogP contribution in [0.4, 0.5) is 0 Å². The molecule has 4 nitrogen and oxygen atoms in total. The number of phenolic OH excluding ortho intramolecular Hbond substituents is 1. The molecule has 0 fully saturated rings. The lowest BCUT2D eigenvalue weighted by molar-refractivity contribution is -0.121. The predicted molar refractivity (Wildman–Crippen MR) is 63.1 cm³/mol. The fourth-order valence-electron chi connectivity index (χ4n) is 1.28. The van der Waals surface area contributed by atoms with Gasteiger partial charge in [0.05, 0.1) is 0 Å². The zero-order chi connectivity index (χ0) is 11.8. The molecule has 0 atom stereocenters. The Labute approximate surface area is 95.7 Å². The van der Waals surface area contributed by atoms with E-state index in [-0.39, 0.29) is 11.7 Å². The van der Waals surface area contributed by atoms with E-state index in [1.54, 1.807) is 24.3 Å². The molecular formula is C12H18N2O2. The first-order valence-corrected chi connectivity index (χ1v) is 5.47. The first-order chi connectivity index (χ1) is 7.72. The monoisotopic (exact) mass is 222 g/mol. The zero-order valence-corrected chi connectivity index (χ0v) is 9.49. The minimum atomic E-state index is 0.0361. The molecule has 16 heavy (non-hydrogen) atoms. The van der Waals surface area contributed by atoms with Gasteiger partial charge < -0.3 is 15.7 Å². The Balaban J connectivity index is 2.23. The highest BCUT2D eigenvalue weighted by atomic mass is 16.3. The quantitative estimate of drug-likeness (QED) is 0.629. The van der Waals surface area contributed by atoms with Crippen LogP contribution in [0.15, 0.2) is 24.3 Å². The van der Waals surface area contributed by atoms with Gasteiger partial charge in [-0.25, -0.2) is 0 Å². The Morgan fingerprint density at radius 2 is 2.00 bits per heavy atom. The summed E-state index contributed by atoms with van der Waals surface area (Å²) in [6.07, 6.45) is 0.492. The largest absolute Gasteiger partial charge is 0.508 e. The van der Waals surface area contributed by atoms with E-state index in [1.807, 2.05) is 6.92 Å². The minimum absolute atomic E-state index is 0.0361. The van der Waals surface area contributed by atoms with E-state index < -0.39 is 0 Å². The molecule has 0 bridgehead atoms. The van der Waals surface area contributed by atoms with E-state index in [2.05, 4.69) is 10.6 Å². The maximum Gasteiger partial charge on any atom is 0.221 e. The van der Waals surface area contributed by atoms with Crippen LogP contribution < -0.4 is 10.6 Å². The van der Waals surface area contributed by atoms with Crippen molar-refractivity contribution in [2.24, 2.45) is 0 Å². The van der Waals surface area contributed by atoms with Gasteiger partial charge >= 0.3 is 0 Å². The Morgan fingerprint density at radius 3 is 2.62 bits per heavy atom. The van der Waals surface area contributed by atoms with E-state index in [0.717, 1.165) is 12.1 Å². The summed E-state index contributed by atoms with van der Waals surface area (Å²) in [5, 5.41) is 15.0. The zero-order valence-electron chi connectivity index (χ0n) is 9.49. The van der Waals surface area contributed by atoms with Crippen LogP contribution in [-0.4, -0.2) is 24.1 Å². The van der Waals surface area contributed by atoms with Crippen LogP contribution in [0, 0.1) is 0 Å². The summed E-state index contributed by atoms with van der Waals surface area (Å²) in [6.45, 7) is 4.10. The SMILES string of the molecule is CCNCCC(=O)NCc1ccc(O)cc1. The maximum atomic E-state index is 11.4. The smallest absolute Gasteiger partial charge is 0.221 e. The van der Waals surface area contributed by atoms with Crippen LogP contribution in [0.1, 0.15) is 18.9 Å². The lowest BCUT2D eigenvalue weighted by Gasteiger charge is -2.05. The molecule has 0 aromatic heterocycles. The Hall–Kier alpha value is -1.55. The van der Waals surface area contributed by atoms with Crippen molar-refractivity contribution in [2.45, 2.75) is 19.9 Å². The molecular weight excluding hydrogens is 204 g/mol.